The number of aryl methyl sites for hydroxylation is 1. The van der Waals surface area contributed by atoms with Crippen LogP contribution in [0.1, 0.15) is 30.7 Å². The normalized spacial score (nSPS) is 11.7. The molecule has 1 heterocycles. The summed E-state index contributed by atoms with van der Waals surface area (Å²) in [5.41, 5.74) is 4.49. The Morgan fingerprint density at radius 1 is 1.10 bits per heavy atom. The van der Waals surface area contributed by atoms with Crippen LogP contribution in [-0.2, 0) is 16.4 Å². The minimum atomic E-state index is -3.93. The fourth-order valence-electron chi connectivity index (χ4n) is 3.37. The molecule has 0 bridgehead atoms. The number of sulfonamides is 1. The van der Waals surface area contributed by atoms with E-state index < -0.39 is 10.0 Å². The first-order valence-corrected chi connectivity index (χ1v) is 11.7. The van der Waals surface area contributed by atoms with Crippen molar-refractivity contribution in [2.24, 2.45) is 5.92 Å². The number of anilines is 2. The number of hydrogen-bond acceptors (Lipinski definition) is 6. The van der Waals surface area contributed by atoms with Gasteiger partial charge >= 0.3 is 0 Å². The molecule has 0 aliphatic rings. The van der Waals surface area contributed by atoms with Crippen molar-refractivity contribution in [2.75, 3.05) is 23.2 Å². The molecule has 0 saturated carbocycles. The monoisotopic (exact) mass is 443 g/mol. The molecule has 8 heteroatoms. The summed E-state index contributed by atoms with van der Waals surface area (Å²) in [6.45, 7) is 8.13. The van der Waals surface area contributed by atoms with Crippen LogP contribution in [-0.4, -0.2) is 31.8 Å². The number of aliphatic hydroxyl groups is 1. The highest BCUT2D eigenvalue weighted by Crippen LogP contribution is 2.35. The Labute approximate surface area is 183 Å². The number of nitrogens with one attached hydrogen (secondary N) is 2. The van der Waals surface area contributed by atoms with Crippen molar-refractivity contribution in [3.8, 4) is 11.1 Å². The second kappa shape index (κ2) is 9.53. The fraction of sp³-hybridized carbons (Fsp3) is 0.348. The quantitative estimate of drug-likeness (QED) is 0.454. The van der Waals surface area contributed by atoms with Gasteiger partial charge in [-0.3, -0.25) is 0 Å². The van der Waals surface area contributed by atoms with Crippen LogP contribution in [0.15, 0.2) is 51.9 Å². The lowest BCUT2D eigenvalue weighted by atomic mass is 9.97. The zero-order chi connectivity index (χ0) is 22.6. The van der Waals surface area contributed by atoms with Crippen molar-refractivity contribution in [3.63, 3.8) is 0 Å². The lowest BCUT2D eigenvalue weighted by Crippen LogP contribution is -2.15. The third-order valence-electron chi connectivity index (χ3n) is 5.01. The molecule has 0 aliphatic carbocycles. The molecule has 2 aromatic carbocycles. The average molecular weight is 444 g/mol. The molecular formula is C23H29N3O4S. The number of hydrogen-bond donors (Lipinski definition) is 3. The molecular weight excluding hydrogens is 414 g/mol. The zero-order valence-electron chi connectivity index (χ0n) is 18.3. The molecule has 166 valence electrons. The molecule has 0 saturated heterocycles. The highest BCUT2D eigenvalue weighted by atomic mass is 32.2. The standard InChI is InChI=1S/C23H29N3O4S/c1-15(2)13-18-9-10-19(21(14-18)24-11-12-27)20-7-5-6-8-22(20)31(28,29)26-23-16(3)17(4)25-30-23/h5-10,14-15,24,26-27H,11-13H2,1-4H3. The Hall–Kier alpha value is -2.84. The molecule has 31 heavy (non-hydrogen) atoms. The van der Waals surface area contributed by atoms with Gasteiger partial charge in [-0.25, -0.2) is 13.1 Å². The summed E-state index contributed by atoms with van der Waals surface area (Å²) < 4.78 is 34.1. The number of rotatable bonds is 9. The Morgan fingerprint density at radius 2 is 1.84 bits per heavy atom. The Bertz CT molecular complexity index is 1150. The molecule has 0 atom stereocenters. The lowest BCUT2D eigenvalue weighted by molar-refractivity contribution is 0.311. The third kappa shape index (κ3) is 5.26. The lowest BCUT2D eigenvalue weighted by Gasteiger charge is -2.17. The first-order chi connectivity index (χ1) is 14.7. The van der Waals surface area contributed by atoms with E-state index in [1.54, 1.807) is 38.1 Å². The van der Waals surface area contributed by atoms with E-state index in [1.165, 1.54) is 0 Å². The molecule has 0 unspecified atom stereocenters. The first kappa shape index (κ1) is 22.8. The van der Waals surface area contributed by atoms with Crippen LogP contribution in [0.5, 0.6) is 0 Å². The van der Waals surface area contributed by atoms with E-state index in [0.717, 1.165) is 23.2 Å². The second-order valence-corrected chi connectivity index (χ2v) is 9.60. The molecule has 3 N–H and O–H groups in total. The highest BCUT2D eigenvalue weighted by molar-refractivity contribution is 7.92. The SMILES string of the molecule is Cc1noc(NS(=O)(=O)c2ccccc2-c2ccc(CC(C)C)cc2NCCO)c1C. The topological polar surface area (TPSA) is 104 Å². The summed E-state index contributed by atoms with van der Waals surface area (Å²) in [6.07, 6.45) is 0.902. The summed E-state index contributed by atoms with van der Waals surface area (Å²) in [7, 11) is -3.93. The van der Waals surface area contributed by atoms with Crippen molar-refractivity contribution in [1.29, 1.82) is 0 Å². The van der Waals surface area contributed by atoms with Crippen molar-refractivity contribution < 1.29 is 18.0 Å². The summed E-state index contributed by atoms with van der Waals surface area (Å²) in [5.74, 6) is 0.597. The summed E-state index contributed by atoms with van der Waals surface area (Å²) in [6, 6.07) is 12.8. The van der Waals surface area contributed by atoms with Gasteiger partial charge in [-0.05, 0) is 43.9 Å². The van der Waals surface area contributed by atoms with Crippen molar-refractivity contribution in [3.05, 3.63) is 59.3 Å². The molecule has 1 aromatic heterocycles. The minimum Gasteiger partial charge on any atom is -0.395 e. The largest absolute Gasteiger partial charge is 0.395 e. The van der Waals surface area contributed by atoms with Gasteiger partial charge in [-0.15, -0.1) is 0 Å². The fourth-order valence-corrected chi connectivity index (χ4v) is 4.64. The van der Waals surface area contributed by atoms with E-state index >= 15 is 0 Å². The molecule has 0 radical (unpaired) electrons. The minimum absolute atomic E-state index is 0.0283. The van der Waals surface area contributed by atoms with Gasteiger partial charge in [0.1, 0.15) is 0 Å². The molecule has 0 fully saturated rings. The Kier molecular flexibility index (Phi) is 7.02. The van der Waals surface area contributed by atoms with Crippen molar-refractivity contribution in [1.82, 2.24) is 5.16 Å². The van der Waals surface area contributed by atoms with E-state index in [4.69, 9.17) is 4.52 Å². The third-order valence-corrected chi connectivity index (χ3v) is 6.40. The van der Waals surface area contributed by atoms with Crippen LogP contribution in [0.25, 0.3) is 11.1 Å². The predicted octanol–water partition coefficient (Wildman–Crippen LogP) is 4.36. The number of benzene rings is 2. The van der Waals surface area contributed by atoms with E-state index in [2.05, 4.69) is 29.0 Å². The second-order valence-electron chi connectivity index (χ2n) is 7.95. The smallest absolute Gasteiger partial charge is 0.264 e. The maximum Gasteiger partial charge on any atom is 0.264 e. The predicted molar refractivity (Wildman–Crippen MR) is 123 cm³/mol. The molecule has 0 spiro atoms. The Balaban J connectivity index is 2.07. The van der Waals surface area contributed by atoms with E-state index in [0.29, 0.717) is 29.3 Å². The van der Waals surface area contributed by atoms with E-state index in [-0.39, 0.29) is 17.4 Å². The van der Waals surface area contributed by atoms with Crippen molar-refractivity contribution in [2.45, 2.75) is 39.0 Å². The summed E-state index contributed by atoms with van der Waals surface area (Å²) in [4.78, 5) is 0.132. The molecule has 3 rings (SSSR count). The molecule has 7 nitrogen and oxygen atoms in total. The summed E-state index contributed by atoms with van der Waals surface area (Å²) in [5, 5.41) is 16.3. The van der Waals surface area contributed by atoms with Gasteiger partial charge in [0.15, 0.2) is 0 Å². The number of aromatic nitrogens is 1. The van der Waals surface area contributed by atoms with Gasteiger partial charge in [0.05, 0.1) is 17.2 Å². The van der Waals surface area contributed by atoms with Crippen LogP contribution in [0.3, 0.4) is 0 Å². The van der Waals surface area contributed by atoms with Gasteiger partial charge < -0.3 is 14.9 Å². The Morgan fingerprint density at radius 3 is 2.48 bits per heavy atom. The van der Waals surface area contributed by atoms with Crippen LogP contribution >= 0.6 is 0 Å². The molecule has 0 amide bonds. The first-order valence-electron chi connectivity index (χ1n) is 10.3. The van der Waals surface area contributed by atoms with Gasteiger partial charge in [0, 0.05) is 28.9 Å². The maximum atomic E-state index is 13.2. The van der Waals surface area contributed by atoms with Crippen LogP contribution in [0, 0.1) is 19.8 Å². The van der Waals surface area contributed by atoms with Gasteiger partial charge in [-0.2, -0.15) is 0 Å². The van der Waals surface area contributed by atoms with Crippen LogP contribution in [0.2, 0.25) is 0 Å². The van der Waals surface area contributed by atoms with Gasteiger partial charge in [0.2, 0.25) is 5.88 Å². The highest BCUT2D eigenvalue weighted by Gasteiger charge is 2.23. The average Bonchev–Trinajstić information content (AvgIpc) is 3.03. The van der Waals surface area contributed by atoms with Gasteiger partial charge in [-0.1, -0.05) is 49.3 Å². The van der Waals surface area contributed by atoms with E-state index in [1.807, 2.05) is 18.2 Å². The van der Waals surface area contributed by atoms with E-state index in [9.17, 15) is 13.5 Å². The maximum absolute atomic E-state index is 13.2. The zero-order valence-corrected chi connectivity index (χ0v) is 19.1. The molecule has 3 aromatic rings. The van der Waals surface area contributed by atoms with Crippen molar-refractivity contribution >= 4 is 21.6 Å². The molecule has 0 aliphatic heterocycles. The number of nitrogens with zero attached hydrogens (tertiary/aromatic N) is 1. The van der Waals surface area contributed by atoms with Crippen LogP contribution in [0.4, 0.5) is 11.6 Å². The summed E-state index contributed by atoms with van der Waals surface area (Å²) >= 11 is 0. The number of aliphatic hydroxyl groups excluding tert-OH is 1. The van der Waals surface area contributed by atoms with Crippen LogP contribution < -0.4 is 10.0 Å². The van der Waals surface area contributed by atoms with Gasteiger partial charge in [0.25, 0.3) is 10.0 Å².